The van der Waals surface area contributed by atoms with Gasteiger partial charge < -0.3 is 14.8 Å². The molecule has 7 nitrogen and oxygen atoms in total. The Bertz CT molecular complexity index is 659. The van der Waals surface area contributed by atoms with E-state index in [-0.39, 0.29) is 12.0 Å². The zero-order valence-electron chi connectivity index (χ0n) is 14.7. The number of rotatable bonds is 7. The van der Waals surface area contributed by atoms with Crippen molar-refractivity contribution >= 4 is 34.7 Å². The number of aldehydes is 1. The van der Waals surface area contributed by atoms with Gasteiger partial charge in [-0.3, -0.25) is 9.80 Å². The normalized spacial score (nSPS) is 20.6. The molecule has 1 aromatic rings. The molecular weight excluding hydrogens is 354 g/mol. The lowest BCUT2D eigenvalue weighted by molar-refractivity contribution is -0.145. The second kappa shape index (κ2) is 9.05. The van der Waals surface area contributed by atoms with Crippen LogP contribution in [0.15, 0.2) is 29.4 Å². The molecule has 1 saturated heterocycles. The summed E-state index contributed by atoms with van der Waals surface area (Å²) in [6.45, 7) is 3.97. The molecule has 0 radical (unpaired) electrons. The topological polar surface area (TPSA) is 80.2 Å². The van der Waals surface area contributed by atoms with Gasteiger partial charge in [0.2, 0.25) is 0 Å². The fourth-order valence-electron chi connectivity index (χ4n) is 3.08. The van der Waals surface area contributed by atoms with E-state index >= 15 is 0 Å². The molecule has 8 heteroatoms. The molecule has 1 atom stereocenters. The molecule has 2 aliphatic rings. The molecule has 1 fully saturated rings. The molecule has 0 aromatic heterocycles. The third-order valence-electron chi connectivity index (χ3n) is 4.34. The summed E-state index contributed by atoms with van der Waals surface area (Å²) in [6.07, 6.45) is 2.95. The highest BCUT2D eigenvalue weighted by atomic mass is 32.2. The van der Waals surface area contributed by atoms with Crippen molar-refractivity contribution in [3.05, 3.63) is 24.3 Å². The van der Waals surface area contributed by atoms with Crippen LogP contribution in [0.3, 0.4) is 0 Å². The Kier molecular flexibility index (Phi) is 6.51. The van der Waals surface area contributed by atoms with Crippen LogP contribution in [-0.2, 0) is 14.3 Å². The molecular formula is C18H23N3O4S. The van der Waals surface area contributed by atoms with Crippen molar-refractivity contribution in [1.29, 1.82) is 0 Å². The molecule has 0 spiro atoms. The molecule has 1 aromatic carbocycles. The van der Waals surface area contributed by atoms with Gasteiger partial charge in [-0.15, -0.1) is 0 Å². The number of anilines is 1. The zero-order valence-corrected chi connectivity index (χ0v) is 15.5. The Hall–Kier alpha value is -2.06. The van der Waals surface area contributed by atoms with E-state index in [1.165, 1.54) is 11.8 Å². The van der Waals surface area contributed by atoms with Gasteiger partial charge in [0.25, 0.3) is 0 Å². The van der Waals surface area contributed by atoms with Crippen molar-refractivity contribution in [2.24, 2.45) is 11.0 Å². The van der Waals surface area contributed by atoms with Crippen LogP contribution in [0.1, 0.15) is 19.8 Å². The van der Waals surface area contributed by atoms with Crippen molar-refractivity contribution in [2.45, 2.75) is 25.1 Å². The van der Waals surface area contributed by atoms with E-state index in [1.807, 2.05) is 17.1 Å². The van der Waals surface area contributed by atoms with Crippen molar-refractivity contribution in [1.82, 2.24) is 5.32 Å². The van der Waals surface area contributed by atoms with Gasteiger partial charge in [0.05, 0.1) is 12.3 Å². The molecule has 0 bridgehead atoms. The quantitative estimate of drug-likeness (QED) is 0.575. The van der Waals surface area contributed by atoms with Gasteiger partial charge in [-0.1, -0.05) is 11.8 Å². The van der Waals surface area contributed by atoms with E-state index in [2.05, 4.69) is 10.4 Å². The SMILES string of the molecule is CCOC(=O)COc1ccc(N2N=C(C=O)SC2C2CCNCC2)cc1. The number of nitrogens with one attached hydrogen (secondary N) is 1. The van der Waals surface area contributed by atoms with Crippen LogP contribution in [0.2, 0.25) is 0 Å². The van der Waals surface area contributed by atoms with E-state index in [0.717, 1.165) is 37.9 Å². The van der Waals surface area contributed by atoms with Crippen LogP contribution < -0.4 is 15.1 Å². The maximum atomic E-state index is 11.4. The minimum Gasteiger partial charge on any atom is -0.482 e. The molecule has 2 aliphatic heterocycles. The van der Waals surface area contributed by atoms with Crippen molar-refractivity contribution in [2.75, 3.05) is 31.3 Å². The monoisotopic (exact) mass is 377 g/mol. The van der Waals surface area contributed by atoms with Crippen molar-refractivity contribution < 1.29 is 19.1 Å². The highest BCUT2D eigenvalue weighted by Gasteiger charge is 2.35. The smallest absolute Gasteiger partial charge is 0.344 e. The third kappa shape index (κ3) is 4.56. The molecule has 1 unspecified atom stereocenters. The van der Waals surface area contributed by atoms with E-state index in [4.69, 9.17) is 9.47 Å². The van der Waals surface area contributed by atoms with Gasteiger partial charge in [-0.25, -0.2) is 4.79 Å². The highest BCUT2D eigenvalue weighted by molar-refractivity contribution is 8.16. The predicted molar refractivity (Wildman–Crippen MR) is 102 cm³/mol. The Morgan fingerprint density at radius 3 is 2.73 bits per heavy atom. The second-order valence-corrected chi connectivity index (χ2v) is 7.22. The standard InChI is InChI=1S/C18H23N3O4S/c1-2-24-17(23)12-25-15-5-3-14(4-6-15)21-18(26-16(11-22)20-21)13-7-9-19-10-8-13/h3-6,11,13,18-19H,2,7-10,12H2,1H3. The summed E-state index contributed by atoms with van der Waals surface area (Å²) in [5, 5.41) is 10.4. The summed E-state index contributed by atoms with van der Waals surface area (Å²) in [7, 11) is 0. The predicted octanol–water partition coefficient (Wildman–Crippen LogP) is 2.02. The first-order valence-corrected chi connectivity index (χ1v) is 9.68. The Morgan fingerprint density at radius 1 is 1.35 bits per heavy atom. The first kappa shape index (κ1) is 18.7. The van der Waals surface area contributed by atoms with Crippen LogP contribution in [0.4, 0.5) is 5.69 Å². The number of ether oxygens (including phenoxy) is 2. The van der Waals surface area contributed by atoms with Crippen LogP contribution in [-0.4, -0.2) is 49.0 Å². The maximum Gasteiger partial charge on any atom is 0.344 e. The van der Waals surface area contributed by atoms with Gasteiger partial charge in [0.1, 0.15) is 11.1 Å². The summed E-state index contributed by atoms with van der Waals surface area (Å²) in [4.78, 5) is 22.6. The Balaban J connectivity index is 1.68. The molecule has 3 rings (SSSR count). The molecule has 140 valence electrons. The van der Waals surface area contributed by atoms with Crippen molar-refractivity contribution in [3.8, 4) is 5.75 Å². The largest absolute Gasteiger partial charge is 0.482 e. The fraction of sp³-hybridized carbons (Fsp3) is 0.500. The number of piperidine rings is 1. The van der Waals surface area contributed by atoms with E-state index in [9.17, 15) is 9.59 Å². The van der Waals surface area contributed by atoms with E-state index < -0.39 is 5.97 Å². The van der Waals surface area contributed by atoms with Gasteiger partial charge >= 0.3 is 5.97 Å². The molecule has 26 heavy (non-hydrogen) atoms. The number of esters is 1. The van der Waals surface area contributed by atoms with Crippen LogP contribution in [0.5, 0.6) is 5.75 Å². The highest BCUT2D eigenvalue weighted by Crippen LogP contribution is 2.38. The Labute approximate surface area is 157 Å². The number of carbonyl (C=O) groups excluding carboxylic acids is 2. The minimum absolute atomic E-state index is 0.113. The molecule has 2 heterocycles. The van der Waals surface area contributed by atoms with Crippen LogP contribution in [0.25, 0.3) is 0 Å². The maximum absolute atomic E-state index is 11.4. The fourth-order valence-corrected chi connectivity index (χ4v) is 4.25. The summed E-state index contributed by atoms with van der Waals surface area (Å²) < 4.78 is 10.3. The summed E-state index contributed by atoms with van der Waals surface area (Å²) in [6, 6.07) is 7.39. The summed E-state index contributed by atoms with van der Waals surface area (Å²) >= 11 is 1.53. The minimum atomic E-state index is -0.390. The number of thioether (sulfide) groups is 1. The summed E-state index contributed by atoms with van der Waals surface area (Å²) in [5.74, 6) is 0.674. The molecule has 0 aliphatic carbocycles. The number of carbonyl (C=O) groups is 2. The van der Waals surface area contributed by atoms with Gasteiger partial charge in [0.15, 0.2) is 17.9 Å². The average Bonchev–Trinajstić information content (AvgIpc) is 3.12. The number of nitrogens with zero attached hydrogens (tertiary/aromatic N) is 2. The molecule has 1 N–H and O–H groups in total. The van der Waals surface area contributed by atoms with Gasteiger partial charge in [-0.05, 0) is 63.0 Å². The number of hydrogen-bond donors (Lipinski definition) is 1. The van der Waals surface area contributed by atoms with Crippen LogP contribution >= 0.6 is 11.8 Å². The van der Waals surface area contributed by atoms with Crippen molar-refractivity contribution in [3.63, 3.8) is 0 Å². The number of hydrazone groups is 1. The summed E-state index contributed by atoms with van der Waals surface area (Å²) in [5.41, 5.74) is 0.904. The van der Waals surface area contributed by atoms with E-state index in [0.29, 0.717) is 23.3 Å². The first-order valence-electron chi connectivity index (χ1n) is 8.80. The molecule has 0 amide bonds. The van der Waals surface area contributed by atoms with E-state index in [1.54, 1.807) is 19.1 Å². The zero-order chi connectivity index (χ0) is 18.4. The average molecular weight is 377 g/mol. The molecule has 0 saturated carbocycles. The third-order valence-corrected chi connectivity index (χ3v) is 5.59. The number of benzene rings is 1. The lowest BCUT2D eigenvalue weighted by Crippen LogP contribution is -2.38. The van der Waals surface area contributed by atoms with Gasteiger partial charge in [-0.2, -0.15) is 5.10 Å². The lowest BCUT2D eigenvalue weighted by Gasteiger charge is -2.32. The number of hydrogen-bond acceptors (Lipinski definition) is 8. The second-order valence-electron chi connectivity index (χ2n) is 6.08. The Morgan fingerprint density at radius 2 is 2.08 bits per heavy atom. The van der Waals surface area contributed by atoms with Crippen LogP contribution in [0, 0.1) is 5.92 Å². The van der Waals surface area contributed by atoms with Gasteiger partial charge in [0, 0.05) is 0 Å². The lowest BCUT2D eigenvalue weighted by atomic mass is 9.97. The first-order chi connectivity index (χ1) is 12.7.